The highest BCUT2D eigenvalue weighted by molar-refractivity contribution is 6.25. The molecule has 9 rings (SSSR count). The van der Waals surface area contributed by atoms with Crippen molar-refractivity contribution in [1.29, 1.82) is 0 Å². The van der Waals surface area contributed by atoms with E-state index in [2.05, 4.69) is 125 Å². The first-order chi connectivity index (χ1) is 19.8. The second kappa shape index (κ2) is 8.01. The average molecular weight is 511 g/mol. The van der Waals surface area contributed by atoms with Gasteiger partial charge in [-0.15, -0.1) is 0 Å². The standard InChI is InChI=1S/C36H22N4/c1-2-11-27-25(9-1)26-10-3-4-12-28(26)32-20-23(15-16-29(27)32)39-22-33-34(38-39)18-17-31-30-13-5-6-14-35(30)40(36(31)33)24-8-7-19-37-21-24/h1-22H. The molecule has 0 atom stereocenters. The van der Waals surface area contributed by atoms with E-state index in [1.807, 2.05) is 23.1 Å². The van der Waals surface area contributed by atoms with E-state index in [0.717, 1.165) is 33.3 Å². The summed E-state index contributed by atoms with van der Waals surface area (Å²) in [4.78, 5) is 4.42. The number of aromatic nitrogens is 4. The Morgan fingerprint density at radius 1 is 0.475 bits per heavy atom. The largest absolute Gasteiger partial charge is 0.307 e. The summed E-state index contributed by atoms with van der Waals surface area (Å²) in [5, 5.41) is 16.2. The Hall–Kier alpha value is -5.48. The Labute approximate surface area is 229 Å². The van der Waals surface area contributed by atoms with Gasteiger partial charge in [-0.1, -0.05) is 72.8 Å². The Morgan fingerprint density at radius 3 is 1.85 bits per heavy atom. The highest BCUT2D eigenvalue weighted by atomic mass is 15.3. The van der Waals surface area contributed by atoms with E-state index in [9.17, 15) is 0 Å². The van der Waals surface area contributed by atoms with Crippen molar-refractivity contribution in [3.05, 3.63) is 134 Å². The number of fused-ring (bicyclic) bond motifs is 11. The first-order valence-electron chi connectivity index (χ1n) is 13.5. The summed E-state index contributed by atoms with van der Waals surface area (Å²) < 4.78 is 4.34. The first-order valence-corrected chi connectivity index (χ1v) is 13.5. The lowest BCUT2D eigenvalue weighted by Crippen LogP contribution is -1.95. The van der Waals surface area contributed by atoms with Crippen LogP contribution in [-0.4, -0.2) is 19.3 Å². The fourth-order valence-electron chi connectivity index (χ4n) is 6.48. The van der Waals surface area contributed by atoms with Crippen molar-refractivity contribution >= 4 is 65.0 Å². The van der Waals surface area contributed by atoms with Gasteiger partial charge in [-0.05, 0) is 74.8 Å². The van der Waals surface area contributed by atoms with Crippen molar-refractivity contribution < 1.29 is 0 Å². The van der Waals surface area contributed by atoms with Gasteiger partial charge >= 0.3 is 0 Å². The smallest absolute Gasteiger partial charge is 0.0949 e. The zero-order valence-corrected chi connectivity index (χ0v) is 21.5. The van der Waals surface area contributed by atoms with Crippen LogP contribution in [-0.2, 0) is 0 Å². The summed E-state index contributed by atoms with van der Waals surface area (Å²) in [6, 6.07) is 41.1. The minimum atomic E-state index is 0.962. The van der Waals surface area contributed by atoms with E-state index in [1.54, 1.807) is 0 Å². The number of hydrogen-bond acceptors (Lipinski definition) is 2. The minimum absolute atomic E-state index is 0.962. The topological polar surface area (TPSA) is 35.6 Å². The normalized spacial score (nSPS) is 12.0. The van der Waals surface area contributed by atoms with Crippen LogP contribution < -0.4 is 0 Å². The molecule has 0 aliphatic heterocycles. The summed E-state index contributed by atoms with van der Waals surface area (Å²) >= 11 is 0. The van der Waals surface area contributed by atoms with Crippen molar-refractivity contribution in [2.75, 3.05) is 0 Å². The predicted molar refractivity (Wildman–Crippen MR) is 166 cm³/mol. The van der Waals surface area contributed by atoms with Crippen molar-refractivity contribution in [2.24, 2.45) is 0 Å². The highest BCUT2D eigenvalue weighted by Crippen LogP contribution is 2.38. The van der Waals surface area contributed by atoms with Gasteiger partial charge in [0.2, 0.25) is 0 Å². The molecule has 0 saturated carbocycles. The van der Waals surface area contributed by atoms with Gasteiger partial charge in [-0.25, -0.2) is 4.68 Å². The zero-order chi connectivity index (χ0) is 26.2. The average Bonchev–Trinajstić information content (AvgIpc) is 3.61. The summed E-state index contributed by atoms with van der Waals surface area (Å²) in [6.07, 6.45) is 5.92. The predicted octanol–water partition coefficient (Wildman–Crippen LogP) is 8.98. The quantitative estimate of drug-likeness (QED) is 0.218. The molecular weight excluding hydrogens is 488 g/mol. The van der Waals surface area contributed by atoms with Crippen LogP contribution in [0.4, 0.5) is 0 Å². The maximum atomic E-state index is 5.07. The van der Waals surface area contributed by atoms with E-state index in [4.69, 9.17) is 5.10 Å². The van der Waals surface area contributed by atoms with Crippen LogP contribution in [0.3, 0.4) is 0 Å². The number of hydrogen-bond donors (Lipinski definition) is 0. The van der Waals surface area contributed by atoms with Crippen LogP contribution in [0, 0.1) is 0 Å². The molecule has 4 nitrogen and oxygen atoms in total. The maximum absolute atomic E-state index is 5.07. The second-order valence-electron chi connectivity index (χ2n) is 10.4. The van der Waals surface area contributed by atoms with Crippen molar-refractivity contribution in [3.8, 4) is 11.4 Å². The van der Waals surface area contributed by atoms with Gasteiger partial charge in [0, 0.05) is 28.6 Å². The summed E-state index contributed by atoms with van der Waals surface area (Å²) in [5.74, 6) is 0. The number of pyridine rings is 1. The number of rotatable bonds is 2. The SMILES string of the molecule is c1cncc(-n2c3ccccc3c3ccc4nn(-c5ccc6c7ccccc7c7ccccc7c6c5)cc4c32)c1. The van der Waals surface area contributed by atoms with E-state index in [1.165, 1.54) is 43.1 Å². The molecule has 0 fully saturated rings. The molecule has 0 N–H and O–H groups in total. The Balaban J connectivity index is 1.34. The molecule has 4 heteroatoms. The van der Waals surface area contributed by atoms with Crippen molar-refractivity contribution in [3.63, 3.8) is 0 Å². The molecule has 3 heterocycles. The minimum Gasteiger partial charge on any atom is -0.307 e. The molecule has 0 radical (unpaired) electrons. The van der Waals surface area contributed by atoms with Gasteiger partial charge in [0.1, 0.15) is 0 Å². The lowest BCUT2D eigenvalue weighted by atomic mass is 9.94. The third-order valence-corrected chi connectivity index (χ3v) is 8.22. The molecule has 3 aromatic heterocycles. The molecule has 40 heavy (non-hydrogen) atoms. The van der Waals surface area contributed by atoms with Gasteiger partial charge in [-0.2, -0.15) is 5.10 Å². The van der Waals surface area contributed by atoms with Gasteiger partial charge in [0.25, 0.3) is 0 Å². The van der Waals surface area contributed by atoms with Gasteiger partial charge in [0.15, 0.2) is 0 Å². The van der Waals surface area contributed by atoms with Crippen LogP contribution in [0.1, 0.15) is 0 Å². The molecule has 0 unspecified atom stereocenters. The summed E-state index contributed by atoms with van der Waals surface area (Å²) in [6.45, 7) is 0. The molecule has 6 aromatic carbocycles. The first kappa shape index (κ1) is 21.5. The van der Waals surface area contributed by atoms with E-state index < -0.39 is 0 Å². The molecule has 0 aliphatic rings. The van der Waals surface area contributed by atoms with Crippen LogP contribution in [0.5, 0.6) is 0 Å². The molecule has 0 aliphatic carbocycles. The zero-order valence-electron chi connectivity index (χ0n) is 21.5. The highest BCUT2D eigenvalue weighted by Gasteiger charge is 2.17. The van der Waals surface area contributed by atoms with Crippen LogP contribution in [0.15, 0.2) is 134 Å². The Morgan fingerprint density at radius 2 is 1.12 bits per heavy atom. The van der Waals surface area contributed by atoms with Gasteiger partial charge in [0.05, 0.1) is 34.1 Å². The van der Waals surface area contributed by atoms with Gasteiger partial charge in [-0.3, -0.25) is 4.98 Å². The fraction of sp³-hybridized carbons (Fsp3) is 0. The Bertz CT molecular complexity index is 2400. The van der Waals surface area contributed by atoms with Crippen molar-refractivity contribution in [2.45, 2.75) is 0 Å². The van der Waals surface area contributed by atoms with Crippen LogP contribution >= 0.6 is 0 Å². The van der Waals surface area contributed by atoms with E-state index >= 15 is 0 Å². The second-order valence-corrected chi connectivity index (χ2v) is 10.4. The lowest BCUT2D eigenvalue weighted by Gasteiger charge is -2.11. The monoisotopic (exact) mass is 510 g/mol. The molecule has 0 spiro atoms. The molecule has 9 aromatic rings. The van der Waals surface area contributed by atoms with E-state index in [0.29, 0.717) is 0 Å². The fourth-order valence-corrected chi connectivity index (χ4v) is 6.48. The van der Waals surface area contributed by atoms with Gasteiger partial charge < -0.3 is 4.57 Å². The molecule has 0 bridgehead atoms. The number of benzene rings is 6. The third kappa shape index (κ3) is 2.90. The van der Waals surface area contributed by atoms with Crippen molar-refractivity contribution in [1.82, 2.24) is 19.3 Å². The maximum Gasteiger partial charge on any atom is 0.0949 e. The molecular formula is C36H22N4. The summed E-state index contributed by atoms with van der Waals surface area (Å²) in [5.41, 5.74) is 5.35. The van der Waals surface area contributed by atoms with Crippen LogP contribution in [0.25, 0.3) is 76.4 Å². The number of para-hydroxylation sites is 1. The lowest BCUT2D eigenvalue weighted by molar-refractivity contribution is 0.898. The van der Waals surface area contributed by atoms with E-state index in [-0.39, 0.29) is 0 Å². The third-order valence-electron chi connectivity index (χ3n) is 8.22. The number of nitrogens with zero attached hydrogens (tertiary/aromatic N) is 4. The molecule has 0 amide bonds. The van der Waals surface area contributed by atoms with Crippen LogP contribution in [0.2, 0.25) is 0 Å². The summed E-state index contributed by atoms with van der Waals surface area (Å²) in [7, 11) is 0. The Kier molecular flexibility index (Phi) is 4.30. The molecule has 0 saturated heterocycles. The molecule has 186 valence electrons.